The van der Waals surface area contributed by atoms with Crippen molar-refractivity contribution in [3.05, 3.63) is 12.2 Å². The van der Waals surface area contributed by atoms with E-state index in [4.69, 9.17) is 0 Å². The molecule has 1 heteroatoms. The predicted octanol–water partition coefficient (Wildman–Crippen LogP) is 3.87. The van der Waals surface area contributed by atoms with Gasteiger partial charge in [0.15, 0.2) is 0 Å². The average Bonchev–Trinajstić information content (AvgIpc) is 2.09. The van der Waals surface area contributed by atoms with Gasteiger partial charge in [0.1, 0.15) is 5.60 Å². The highest BCUT2D eigenvalue weighted by atomic mass is 16.3. The van der Waals surface area contributed by atoms with Crippen molar-refractivity contribution in [2.75, 3.05) is 0 Å². The molecule has 13 heavy (non-hydrogen) atoms. The minimum Gasteiger partial charge on any atom is -0.225 e. The Labute approximate surface area is 81.9 Å². The molecular weight excluding hydrogens is 160 g/mol. The van der Waals surface area contributed by atoms with Crippen LogP contribution in [0.25, 0.3) is 0 Å². The molecule has 1 aliphatic carbocycles. The maximum absolute atomic E-state index is 12.2. The molecule has 0 aliphatic heterocycles. The molecule has 0 amide bonds. The lowest BCUT2D eigenvalue weighted by Gasteiger charge is -2.24. The number of hydrogen-bond donors (Lipinski definition) is 0. The van der Waals surface area contributed by atoms with Gasteiger partial charge in [-0.2, -0.15) is 0 Å². The Bertz CT molecular complexity index is 153. The Morgan fingerprint density at radius 3 is 2.15 bits per heavy atom. The van der Waals surface area contributed by atoms with Gasteiger partial charge >= 0.3 is 0 Å². The SMILES string of the molecule is CCC=CC1([O])CCCCCCC1. The first kappa shape index (κ1) is 10.8. The zero-order valence-electron chi connectivity index (χ0n) is 8.72. The molecule has 1 fully saturated rings. The van der Waals surface area contributed by atoms with Crippen LogP contribution in [-0.2, 0) is 5.11 Å². The van der Waals surface area contributed by atoms with Crippen molar-refractivity contribution < 1.29 is 5.11 Å². The summed E-state index contributed by atoms with van der Waals surface area (Å²) in [6, 6.07) is 0. The van der Waals surface area contributed by atoms with Crippen LogP contribution >= 0.6 is 0 Å². The molecule has 0 N–H and O–H groups in total. The fraction of sp³-hybridized carbons (Fsp3) is 0.833. The average molecular weight is 181 g/mol. The Morgan fingerprint density at radius 2 is 1.62 bits per heavy atom. The van der Waals surface area contributed by atoms with Crippen molar-refractivity contribution in [1.29, 1.82) is 0 Å². The lowest BCUT2D eigenvalue weighted by molar-refractivity contribution is -0.00759. The van der Waals surface area contributed by atoms with Crippen molar-refractivity contribution in [3.8, 4) is 0 Å². The molecule has 0 heterocycles. The van der Waals surface area contributed by atoms with Crippen LogP contribution < -0.4 is 0 Å². The molecule has 0 saturated heterocycles. The van der Waals surface area contributed by atoms with Gasteiger partial charge in [-0.15, -0.1) is 0 Å². The van der Waals surface area contributed by atoms with E-state index in [0.29, 0.717) is 0 Å². The summed E-state index contributed by atoms with van der Waals surface area (Å²) >= 11 is 0. The Morgan fingerprint density at radius 1 is 1.08 bits per heavy atom. The van der Waals surface area contributed by atoms with E-state index in [-0.39, 0.29) is 0 Å². The molecule has 1 rings (SSSR count). The van der Waals surface area contributed by atoms with Crippen LogP contribution in [0.5, 0.6) is 0 Å². The normalized spacial score (nSPS) is 24.2. The van der Waals surface area contributed by atoms with E-state index in [1.165, 1.54) is 19.3 Å². The van der Waals surface area contributed by atoms with Crippen LogP contribution in [0, 0.1) is 0 Å². The molecule has 0 aromatic heterocycles. The minimum absolute atomic E-state index is 0.726. The second-order valence-electron chi connectivity index (χ2n) is 4.14. The van der Waals surface area contributed by atoms with Gasteiger partial charge in [-0.1, -0.05) is 51.2 Å². The molecule has 0 unspecified atom stereocenters. The highest BCUT2D eigenvalue weighted by Crippen LogP contribution is 2.27. The monoisotopic (exact) mass is 181 g/mol. The van der Waals surface area contributed by atoms with Crippen LogP contribution in [0.3, 0.4) is 0 Å². The first-order valence-corrected chi connectivity index (χ1v) is 5.65. The molecule has 0 bridgehead atoms. The highest BCUT2D eigenvalue weighted by Gasteiger charge is 2.25. The van der Waals surface area contributed by atoms with E-state index in [1.54, 1.807) is 0 Å². The maximum Gasteiger partial charge on any atom is 0.122 e. The van der Waals surface area contributed by atoms with Crippen LogP contribution in [-0.4, -0.2) is 5.60 Å². The standard InChI is InChI=1S/C12H21O/c1-2-3-9-12(13)10-7-5-4-6-8-11-12/h3,9H,2,4-8,10-11H2,1H3. The summed E-state index contributed by atoms with van der Waals surface area (Å²) in [7, 11) is 0. The van der Waals surface area contributed by atoms with Crippen molar-refractivity contribution in [2.45, 2.75) is 63.9 Å². The molecule has 0 spiro atoms. The third-order valence-electron chi connectivity index (χ3n) is 2.86. The van der Waals surface area contributed by atoms with Crippen LogP contribution in [0.15, 0.2) is 12.2 Å². The van der Waals surface area contributed by atoms with Crippen LogP contribution in [0.4, 0.5) is 0 Å². The first-order chi connectivity index (χ1) is 6.27. The molecule has 0 aromatic carbocycles. The van der Waals surface area contributed by atoms with Gasteiger partial charge in [-0.25, -0.2) is 5.11 Å². The predicted molar refractivity (Wildman–Crippen MR) is 55.2 cm³/mol. The van der Waals surface area contributed by atoms with Gasteiger partial charge in [0.2, 0.25) is 0 Å². The van der Waals surface area contributed by atoms with Gasteiger partial charge in [0, 0.05) is 0 Å². The topological polar surface area (TPSA) is 19.9 Å². The fourth-order valence-corrected chi connectivity index (χ4v) is 2.00. The largest absolute Gasteiger partial charge is 0.225 e. The quantitative estimate of drug-likeness (QED) is 0.576. The Kier molecular flexibility index (Phi) is 4.51. The molecule has 0 atom stereocenters. The van der Waals surface area contributed by atoms with Gasteiger partial charge in [-0.05, 0) is 19.3 Å². The van der Waals surface area contributed by atoms with E-state index in [9.17, 15) is 5.11 Å². The number of allylic oxidation sites excluding steroid dienone is 1. The van der Waals surface area contributed by atoms with Gasteiger partial charge in [0.05, 0.1) is 0 Å². The highest BCUT2D eigenvalue weighted by molar-refractivity contribution is 5.00. The third kappa shape index (κ3) is 3.95. The van der Waals surface area contributed by atoms with Crippen molar-refractivity contribution in [1.82, 2.24) is 0 Å². The molecule has 75 valence electrons. The summed E-state index contributed by atoms with van der Waals surface area (Å²) in [5, 5.41) is 12.2. The number of hydrogen-bond acceptors (Lipinski definition) is 0. The summed E-state index contributed by atoms with van der Waals surface area (Å²) in [6.45, 7) is 2.09. The van der Waals surface area contributed by atoms with E-state index in [0.717, 1.165) is 32.1 Å². The van der Waals surface area contributed by atoms with Gasteiger partial charge < -0.3 is 0 Å². The molecule has 1 aliphatic rings. The third-order valence-corrected chi connectivity index (χ3v) is 2.86. The summed E-state index contributed by atoms with van der Waals surface area (Å²) in [5.41, 5.74) is -0.726. The van der Waals surface area contributed by atoms with E-state index >= 15 is 0 Å². The van der Waals surface area contributed by atoms with Crippen LogP contribution in [0.1, 0.15) is 58.3 Å². The summed E-state index contributed by atoms with van der Waals surface area (Å²) in [4.78, 5) is 0. The minimum atomic E-state index is -0.726. The molecule has 1 saturated carbocycles. The molecule has 1 radical (unpaired) electrons. The zero-order chi connectivity index (χ0) is 9.57. The number of rotatable bonds is 2. The summed E-state index contributed by atoms with van der Waals surface area (Å²) in [6.07, 6.45) is 12.7. The second-order valence-corrected chi connectivity index (χ2v) is 4.14. The smallest absolute Gasteiger partial charge is 0.122 e. The van der Waals surface area contributed by atoms with E-state index < -0.39 is 5.60 Å². The maximum atomic E-state index is 12.2. The fourth-order valence-electron chi connectivity index (χ4n) is 2.00. The van der Waals surface area contributed by atoms with Crippen LogP contribution in [0.2, 0.25) is 0 Å². The molecule has 1 nitrogen and oxygen atoms in total. The lowest BCUT2D eigenvalue weighted by Crippen LogP contribution is -2.24. The lowest BCUT2D eigenvalue weighted by atomic mass is 9.86. The van der Waals surface area contributed by atoms with Crippen molar-refractivity contribution >= 4 is 0 Å². The van der Waals surface area contributed by atoms with Crippen molar-refractivity contribution in [2.24, 2.45) is 0 Å². The summed E-state index contributed by atoms with van der Waals surface area (Å²) in [5.74, 6) is 0. The van der Waals surface area contributed by atoms with E-state index in [1.807, 2.05) is 12.2 Å². The first-order valence-electron chi connectivity index (χ1n) is 5.65. The molecular formula is C12H21O. The zero-order valence-corrected chi connectivity index (χ0v) is 8.72. The van der Waals surface area contributed by atoms with Crippen molar-refractivity contribution in [3.63, 3.8) is 0 Å². The van der Waals surface area contributed by atoms with Gasteiger partial charge in [0.25, 0.3) is 0 Å². The Hall–Kier alpha value is -0.300. The molecule has 0 aromatic rings. The second kappa shape index (κ2) is 5.43. The van der Waals surface area contributed by atoms with Gasteiger partial charge in [-0.3, -0.25) is 0 Å². The summed E-state index contributed by atoms with van der Waals surface area (Å²) < 4.78 is 0. The Balaban J connectivity index is 2.46. The van der Waals surface area contributed by atoms with E-state index in [2.05, 4.69) is 6.92 Å².